The summed E-state index contributed by atoms with van der Waals surface area (Å²) < 4.78 is 18.0. The molecule has 2 aliphatic rings. The highest BCUT2D eigenvalue weighted by Gasteiger charge is 2.54. The van der Waals surface area contributed by atoms with Crippen molar-refractivity contribution in [2.45, 2.75) is 110 Å². The molecule has 56 heavy (non-hydrogen) atoms. The standard InChI is InChI=1S/C43H60N2O11/c1-9-11-13-21-33-42(6,7)32(47)25-43(53,56-33)29(10-2)40(51)44-23-17-16-19-27(4)38(54-8)28(5)39-37(50)36(49)31(55-39)20-15-12-14-18-26(3)35(48)34-30(46)22-24-45-41(34)52/h9,11-22,24,28-29,31-33,36-39,47,49-50,53H,10,23,25H2,1-8H3,(H,44,51)(H2,45,46,52). The molecule has 2 fully saturated rings. The first kappa shape index (κ1) is 46.2. The number of hydrogen-bond donors (Lipinski definition) is 7. The number of H-pyrrole nitrogens is 1. The second kappa shape index (κ2) is 20.8. The minimum absolute atomic E-state index is 0.104. The number of amides is 1. The molecule has 13 nitrogen and oxygen atoms in total. The monoisotopic (exact) mass is 780 g/mol. The van der Waals surface area contributed by atoms with Crippen molar-refractivity contribution in [3.05, 3.63) is 112 Å². The Kier molecular flexibility index (Phi) is 17.2. The van der Waals surface area contributed by atoms with Crippen molar-refractivity contribution in [1.82, 2.24) is 10.3 Å². The van der Waals surface area contributed by atoms with E-state index in [1.54, 1.807) is 62.6 Å². The van der Waals surface area contributed by atoms with Gasteiger partial charge in [0, 0.05) is 37.6 Å². The lowest BCUT2D eigenvalue weighted by Gasteiger charge is -2.50. The highest BCUT2D eigenvalue weighted by atomic mass is 16.6. The molecule has 10 unspecified atom stereocenters. The van der Waals surface area contributed by atoms with Crippen LogP contribution >= 0.6 is 0 Å². The lowest BCUT2D eigenvalue weighted by molar-refractivity contribution is -0.314. The van der Waals surface area contributed by atoms with Gasteiger partial charge in [-0.25, -0.2) is 0 Å². The van der Waals surface area contributed by atoms with Gasteiger partial charge in [0.2, 0.25) is 5.91 Å². The smallest absolute Gasteiger partial charge is 0.262 e. The van der Waals surface area contributed by atoms with E-state index in [9.17, 15) is 39.9 Å². The van der Waals surface area contributed by atoms with Gasteiger partial charge in [-0.1, -0.05) is 101 Å². The maximum atomic E-state index is 13.3. The number of aromatic nitrogens is 1. The van der Waals surface area contributed by atoms with Crippen molar-refractivity contribution in [3.8, 4) is 5.75 Å². The molecule has 0 spiro atoms. The van der Waals surface area contributed by atoms with Crippen molar-refractivity contribution in [3.63, 3.8) is 0 Å². The summed E-state index contributed by atoms with van der Waals surface area (Å²) in [5, 5.41) is 56.9. The van der Waals surface area contributed by atoms with Crippen LogP contribution in [0.15, 0.2) is 101 Å². The number of aliphatic hydroxyl groups is 4. The molecule has 2 aliphatic heterocycles. The van der Waals surface area contributed by atoms with Crippen LogP contribution in [0, 0.1) is 17.3 Å². The van der Waals surface area contributed by atoms with Crippen molar-refractivity contribution in [1.29, 1.82) is 0 Å². The number of hydrogen-bond acceptors (Lipinski definition) is 11. The molecule has 3 heterocycles. The van der Waals surface area contributed by atoms with E-state index in [2.05, 4.69) is 10.3 Å². The average Bonchev–Trinajstić information content (AvgIpc) is 3.42. The number of allylic oxidation sites excluding steroid dienone is 10. The Hall–Kier alpha value is -4.21. The molecule has 0 aliphatic carbocycles. The van der Waals surface area contributed by atoms with Crippen molar-refractivity contribution in [2.24, 2.45) is 17.3 Å². The molecule has 0 saturated carbocycles. The number of carbonyl (C=O) groups is 2. The number of ether oxygens (including phenoxy) is 3. The highest BCUT2D eigenvalue weighted by molar-refractivity contribution is 6.09. The number of aliphatic hydroxyl groups excluding tert-OH is 3. The third kappa shape index (κ3) is 11.2. The summed E-state index contributed by atoms with van der Waals surface area (Å²) in [6, 6.07) is 1.23. The van der Waals surface area contributed by atoms with Gasteiger partial charge >= 0.3 is 0 Å². The second-order valence-corrected chi connectivity index (χ2v) is 15.0. The van der Waals surface area contributed by atoms with Crippen LogP contribution in [0.5, 0.6) is 5.75 Å². The molecule has 308 valence electrons. The van der Waals surface area contributed by atoms with Gasteiger partial charge in [-0.3, -0.25) is 14.4 Å². The van der Waals surface area contributed by atoms with E-state index in [1.165, 1.54) is 25.3 Å². The predicted octanol–water partition coefficient (Wildman–Crippen LogP) is 4.10. The molecule has 3 rings (SSSR count). The van der Waals surface area contributed by atoms with Crippen LogP contribution in [0.2, 0.25) is 0 Å². The maximum absolute atomic E-state index is 13.3. The number of rotatable bonds is 17. The summed E-state index contributed by atoms with van der Waals surface area (Å²) in [4.78, 5) is 40.2. The molecule has 1 aromatic heterocycles. The van der Waals surface area contributed by atoms with Gasteiger partial charge in [-0.15, -0.1) is 0 Å². The number of ketones is 1. The second-order valence-electron chi connectivity index (χ2n) is 15.0. The van der Waals surface area contributed by atoms with Crippen LogP contribution < -0.4 is 10.9 Å². The van der Waals surface area contributed by atoms with E-state index >= 15 is 0 Å². The number of methoxy groups -OCH3 is 1. The first-order chi connectivity index (χ1) is 26.4. The Morgan fingerprint density at radius 2 is 1.75 bits per heavy atom. The fourth-order valence-corrected chi connectivity index (χ4v) is 7.02. The number of pyridine rings is 1. The van der Waals surface area contributed by atoms with E-state index in [4.69, 9.17) is 14.2 Å². The molecule has 10 atom stereocenters. The molecule has 2 saturated heterocycles. The predicted molar refractivity (Wildman–Crippen MR) is 214 cm³/mol. The van der Waals surface area contributed by atoms with Gasteiger partial charge in [0.1, 0.15) is 29.6 Å². The fourth-order valence-electron chi connectivity index (χ4n) is 7.02. The lowest BCUT2D eigenvalue weighted by Crippen LogP contribution is -2.60. The van der Waals surface area contributed by atoms with Crippen molar-refractivity contribution >= 4 is 11.7 Å². The van der Waals surface area contributed by atoms with E-state index < -0.39 is 82.8 Å². The van der Waals surface area contributed by atoms with Gasteiger partial charge < -0.3 is 50.0 Å². The molecule has 0 aromatic carbocycles. The molecular formula is C43H60N2O11. The minimum atomic E-state index is -1.86. The normalized spacial score (nSPS) is 29.2. The van der Waals surface area contributed by atoms with Gasteiger partial charge in [0.05, 0.1) is 30.3 Å². The zero-order chi connectivity index (χ0) is 41.8. The SMILES string of the molecule is CC=CC=CC1OC(O)(C(CC)C(=O)NCC=CC=C(C)C(OC)C(C)C2OC(C=CC=CC=C(C)C(=O)c3c(O)cc[nH]c3=O)C(O)C2O)CC(O)C1(C)C. The number of carbonyl (C=O) groups excluding carboxylic acids is 2. The molecule has 0 radical (unpaired) electrons. The van der Waals surface area contributed by atoms with E-state index in [0.29, 0.717) is 6.42 Å². The van der Waals surface area contributed by atoms with E-state index in [-0.39, 0.29) is 30.0 Å². The summed E-state index contributed by atoms with van der Waals surface area (Å²) in [7, 11) is 1.54. The van der Waals surface area contributed by atoms with Crippen LogP contribution in [0.3, 0.4) is 0 Å². The molecule has 0 bridgehead atoms. The fraction of sp³-hybridized carbons (Fsp3) is 0.512. The summed E-state index contributed by atoms with van der Waals surface area (Å²) in [6.07, 6.45) is 15.9. The summed E-state index contributed by atoms with van der Waals surface area (Å²) >= 11 is 0. The van der Waals surface area contributed by atoms with Crippen LogP contribution in [-0.2, 0) is 19.0 Å². The van der Waals surface area contributed by atoms with E-state index in [0.717, 1.165) is 5.57 Å². The van der Waals surface area contributed by atoms with Crippen LogP contribution in [0.4, 0.5) is 0 Å². The Balaban J connectivity index is 1.58. The number of aromatic amines is 1. The zero-order valence-electron chi connectivity index (χ0n) is 33.6. The number of Topliss-reactive ketones (excluding diaryl/α,β-unsaturated/α-hetero) is 1. The van der Waals surface area contributed by atoms with Gasteiger partial charge in [0.15, 0.2) is 11.6 Å². The van der Waals surface area contributed by atoms with Crippen LogP contribution in [-0.4, -0.2) is 104 Å². The molecule has 1 aromatic rings. The van der Waals surface area contributed by atoms with Gasteiger partial charge in [-0.2, -0.15) is 0 Å². The Morgan fingerprint density at radius 1 is 1.05 bits per heavy atom. The average molecular weight is 781 g/mol. The van der Waals surface area contributed by atoms with Gasteiger partial charge in [-0.05, 0) is 44.4 Å². The third-order valence-electron chi connectivity index (χ3n) is 10.6. The van der Waals surface area contributed by atoms with Gasteiger partial charge in [0.25, 0.3) is 5.56 Å². The van der Waals surface area contributed by atoms with Crippen LogP contribution in [0.1, 0.15) is 71.7 Å². The number of aromatic hydroxyl groups is 1. The van der Waals surface area contributed by atoms with Crippen molar-refractivity contribution in [2.75, 3.05) is 13.7 Å². The Bertz CT molecular complexity index is 1770. The minimum Gasteiger partial charge on any atom is -0.507 e. The largest absolute Gasteiger partial charge is 0.507 e. The molecule has 1 amide bonds. The van der Waals surface area contributed by atoms with E-state index in [1.807, 2.05) is 52.8 Å². The Labute approximate surface area is 329 Å². The lowest BCUT2D eigenvalue weighted by atomic mass is 9.72. The highest BCUT2D eigenvalue weighted by Crippen LogP contribution is 2.44. The zero-order valence-corrected chi connectivity index (χ0v) is 33.6. The third-order valence-corrected chi connectivity index (χ3v) is 10.6. The molecule has 7 N–H and O–H groups in total. The summed E-state index contributed by atoms with van der Waals surface area (Å²) in [5.74, 6) is -4.58. The molecular weight excluding hydrogens is 720 g/mol. The van der Waals surface area contributed by atoms with Crippen molar-refractivity contribution < 1.29 is 49.3 Å². The topological polar surface area (TPSA) is 208 Å². The van der Waals surface area contributed by atoms with Crippen LogP contribution in [0.25, 0.3) is 0 Å². The maximum Gasteiger partial charge on any atom is 0.262 e. The summed E-state index contributed by atoms with van der Waals surface area (Å²) in [5.41, 5.74) is -0.681. The quantitative estimate of drug-likeness (QED) is 0.0681. The first-order valence-electron chi connectivity index (χ1n) is 18.9. The molecule has 13 heteroatoms. The Morgan fingerprint density at radius 3 is 2.39 bits per heavy atom. The summed E-state index contributed by atoms with van der Waals surface area (Å²) in [6.45, 7) is 12.8. The first-order valence-corrected chi connectivity index (χ1v) is 18.9. The number of nitrogens with one attached hydrogen (secondary N) is 2.